The molecule has 0 aromatic heterocycles. The molecule has 0 spiro atoms. The van der Waals surface area contributed by atoms with Gasteiger partial charge >= 0.3 is 0 Å². The van der Waals surface area contributed by atoms with Crippen molar-refractivity contribution >= 4 is 0 Å². The van der Waals surface area contributed by atoms with E-state index >= 15 is 0 Å². The van der Waals surface area contributed by atoms with Crippen molar-refractivity contribution < 1.29 is 20.4 Å². The van der Waals surface area contributed by atoms with Crippen molar-refractivity contribution in [2.45, 2.75) is 52.1 Å². The molecule has 0 aliphatic carbocycles. The fraction of sp³-hybridized carbons (Fsp3) is 1.00. The third-order valence-electron chi connectivity index (χ3n) is 2.43. The van der Waals surface area contributed by atoms with Crippen LogP contribution in [0.2, 0.25) is 0 Å². The van der Waals surface area contributed by atoms with Crippen LogP contribution in [0.15, 0.2) is 0 Å². The van der Waals surface area contributed by atoms with Crippen molar-refractivity contribution in [2.24, 2.45) is 5.92 Å². The summed E-state index contributed by atoms with van der Waals surface area (Å²) in [5, 5.41) is 34.0. The molecule has 0 rings (SSSR count). The molecule has 2 atom stereocenters. The first-order chi connectivity index (χ1) is 7.63. The predicted octanol–water partition coefficient (Wildman–Crippen LogP) is 0.917. The Hall–Kier alpha value is -0.160. The van der Waals surface area contributed by atoms with Crippen molar-refractivity contribution in [3.8, 4) is 0 Å². The highest BCUT2D eigenvalue weighted by Crippen LogP contribution is 2.03. The fourth-order valence-corrected chi connectivity index (χ4v) is 1.10. The molecule has 0 aliphatic heterocycles. The van der Waals surface area contributed by atoms with Gasteiger partial charge in [0.2, 0.25) is 0 Å². The topological polar surface area (TPSA) is 80.9 Å². The van der Waals surface area contributed by atoms with E-state index in [1.54, 1.807) is 0 Å². The Bertz CT molecular complexity index is 106. The number of hydrogen-bond donors (Lipinski definition) is 4. The van der Waals surface area contributed by atoms with Crippen LogP contribution in [0.25, 0.3) is 0 Å². The number of unbranched alkanes of at least 4 members (excludes halogenated alkanes) is 3. The van der Waals surface area contributed by atoms with Gasteiger partial charge in [-0.05, 0) is 19.3 Å². The highest BCUT2D eigenvalue weighted by molar-refractivity contribution is 4.59. The van der Waals surface area contributed by atoms with Crippen LogP contribution in [0.4, 0.5) is 0 Å². The zero-order valence-corrected chi connectivity index (χ0v) is 10.6. The van der Waals surface area contributed by atoms with E-state index < -0.39 is 0 Å². The first kappa shape index (κ1) is 18.2. The standard InChI is InChI=1S/2C6H14O2/c1-3-6(8)5(2)4-7;7-5-3-1-2-4-6-8/h5-8H,3-4H2,1-2H3;7-8H,1-6H2. The van der Waals surface area contributed by atoms with E-state index in [9.17, 15) is 0 Å². The van der Waals surface area contributed by atoms with Crippen LogP contribution < -0.4 is 0 Å². The van der Waals surface area contributed by atoms with Gasteiger partial charge in [-0.1, -0.05) is 26.7 Å². The van der Waals surface area contributed by atoms with E-state index in [0.29, 0.717) is 0 Å². The van der Waals surface area contributed by atoms with E-state index in [2.05, 4.69) is 0 Å². The van der Waals surface area contributed by atoms with E-state index in [1.807, 2.05) is 13.8 Å². The maximum atomic E-state index is 8.97. The summed E-state index contributed by atoms with van der Waals surface area (Å²) < 4.78 is 0. The maximum absolute atomic E-state index is 8.97. The van der Waals surface area contributed by atoms with Crippen LogP contribution in [-0.4, -0.2) is 46.4 Å². The molecular formula is C12H28O4. The van der Waals surface area contributed by atoms with Gasteiger partial charge in [-0.3, -0.25) is 0 Å². The highest BCUT2D eigenvalue weighted by Gasteiger charge is 2.08. The van der Waals surface area contributed by atoms with E-state index in [1.165, 1.54) is 0 Å². The molecule has 0 saturated heterocycles. The van der Waals surface area contributed by atoms with Crippen LogP contribution in [0.5, 0.6) is 0 Å². The lowest BCUT2D eigenvalue weighted by Crippen LogP contribution is -2.19. The second-order valence-electron chi connectivity index (χ2n) is 4.00. The molecule has 0 aromatic rings. The molecule has 0 bridgehead atoms. The molecule has 0 fully saturated rings. The molecule has 0 aliphatic rings. The fourth-order valence-electron chi connectivity index (χ4n) is 1.10. The average Bonchev–Trinajstić information content (AvgIpc) is 2.33. The van der Waals surface area contributed by atoms with Crippen molar-refractivity contribution in [1.82, 2.24) is 0 Å². The molecule has 16 heavy (non-hydrogen) atoms. The summed E-state index contributed by atoms with van der Waals surface area (Å²) in [5.74, 6) is 0.0278. The van der Waals surface area contributed by atoms with Crippen LogP contribution in [-0.2, 0) is 0 Å². The number of aliphatic hydroxyl groups excluding tert-OH is 4. The Kier molecular flexibility index (Phi) is 16.9. The van der Waals surface area contributed by atoms with Crippen LogP contribution in [0.1, 0.15) is 46.0 Å². The van der Waals surface area contributed by atoms with Gasteiger partial charge in [0.15, 0.2) is 0 Å². The van der Waals surface area contributed by atoms with Gasteiger partial charge < -0.3 is 20.4 Å². The van der Waals surface area contributed by atoms with Gasteiger partial charge in [0.25, 0.3) is 0 Å². The zero-order chi connectivity index (χ0) is 12.8. The molecular weight excluding hydrogens is 208 g/mol. The molecule has 0 amide bonds. The molecule has 4 N–H and O–H groups in total. The summed E-state index contributed by atoms with van der Waals surface area (Å²) in [6.45, 7) is 4.37. The Morgan fingerprint density at radius 1 is 0.875 bits per heavy atom. The first-order valence-electron chi connectivity index (χ1n) is 6.14. The Morgan fingerprint density at radius 2 is 1.31 bits per heavy atom. The van der Waals surface area contributed by atoms with Crippen molar-refractivity contribution in [3.05, 3.63) is 0 Å². The maximum Gasteiger partial charge on any atom is 0.0585 e. The molecule has 0 aromatic carbocycles. The SMILES string of the molecule is CCC(O)C(C)CO.OCCCCCCO. The summed E-state index contributed by atoms with van der Waals surface area (Å²) in [5.41, 5.74) is 0. The van der Waals surface area contributed by atoms with Crippen LogP contribution in [0.3, 0.4) is 0 Å². The highest BCUT2D eigenvalue weighted by atomic mass is 16.3. The second kappa shape index (κ2) is 14.8. The zero-order valence-electron chi connectivity index (χ0n) is 10.6. The monoisotopic (exact) mass is 236 g/mol. The molecule has 0 saturated carbocycles. The second-order valence-corrected chi connectivity index (χ2v) is 4.00. The van der Waals surface area contributed by atoms with Gasteiger partial charge in [-0.2, -0.15) is 0 Å². The van der Waals surface area contributed by atoms with E-state index in [0.717, 1.165) is 32.1 Å². The summed E-state index contributed by atoms with van der Waals surface area (Å²) >= 11 is 0. The average molecular weight is 236 g/mol. The summed E-state index contributed by atoms with van der Waals surface area (Å²) in [6, 6.07) is 0. The van der Waals surface area contributed by atoms with Crippen LogP contribution in [0, 0.1) is 5.92 Å². The van der Waals surface area contributed by atoms with Crippen LogP contribution >= 0.6 is 0 Å². The molecule has 0 heterocycles. The summed E-state index contributed by atoms with van der Waals surface area (Å²) in [4.78, 5) is 0. The molecule has 4 nitrogen and oxygen atoms in total. The molecule has 100 valence electrons. The summed E-state index contributed by atoms with van der Waals surface area (Å²) in [7, 11) is 0. The third-order valence-corrected chi connectivity index (χ3v) is 2.43. The molecule has 4 heteroatoms. The van der Waals surface area contributed by atoms with Crippen molar-refractivity contribution in [1.29, 1.82) is 0 Å². The lowest BCUT2D eigenvalue weighted by atomic mass is 10.0. The normalized spacial score (nSPS) is 13.9. The van der Waals surface area contributed by atoms with Gasteiger partial charge in [0.05, 0.1) is 6.10 Å². The molecule has 0 radical (unpaired) electrons. The minimum Gasteiger partial charge on any atom is -0.396 e. The van der Waals surface area contributed by atoms with Gasteiger partial charge in [0, 0.05) is 25.7 Å². The predicted molar refractivity (Wildman–Crippen MR) is 65.2 cm³/mol. The Morgan fingerprint density at radius 3 is 1.50 bits per heavy atom. The van der Waals surface area contributed by atoms with Crippen molar-refractivity contribution in [3.63, 3.8) is 0 Å². The lowest BCUT2D eigenvalue weighted by molar-refractivity contribution is 0.0744. The Balaban J connectivity index is 0. The minimum absolute atomic E-state index is 0.0278. The number of rotatable bonds is 8. The third kappa shape index (κ3) is 13.8. The van der Waals surface area contributed by atoms with Crippen molar-refractivity contribution in [2.75, 3.05) is 19.8 Å². The molecule has 2 unspecified atom stereocenters. The Labute approximate surface area is 98.9 Å². The first-order valence-corrected chi connectivity index (χ1v) is 6.14. The largest absolute Gasteiger partial charge is 0.396 e. The van der Waals surface area contributed by atoms with E-state index in [-0.39, 0.29) is 31.8 Å². The lowest BCUT2D eigenvalue weighted by Gasteiger charge is -2.12. The van der Waals surface area contributed by atoms with Gasteiger partial charge in [-0.15, -0.1) is 0 Å². The number of aliphatic hydroxyl groups is 4. The summed E-state index contributed by atoms with van der Waals surface area (Å²) in [6.07, 6.45) is 4.22. The quantitative estimate of drug-likeness (QED) is 0.472. The van der Waals surface area contributed by atoms with E-state index in [4.69, 9.17) is 20.4 Å². The minimum atomic E-state index is -0.333. The number of hydrogen-bond acceptors (Lipinski definition) is 4. The van der Waals surface area contributed by atoms with Gasteiger partial charge in [-0.25, -0.2) is 0 Å². The van der Waals surface area contributed by atoms with Gasteiger partial charge in [0.1, 0.15) is 0 Å². The smallest absolute Gasteiger partial charge is 0.0585 e.